The normalized spacial score (nSPS) is 19.3. The summed E-state index contributed by atoms with van der Waals surface area (Å²) in [5.74, 6) is -0.0389. The van der Waals surface area contributed by atoms with Crippen molar-refractivity contribution in [3.8, 4) is 0 Å². The first-order valence-electron chi connectivity index (χ1n) is 6.36. The molecule has 3 rings (SSSR count). The van der Waals surface area contributed by atoms with Crippen molar-refractivity contribution in [2.75, 3.05) is 13.1 Å². The topological polar surface area (TPSA) is 38.1 Å². The first-order valence-corrected chi connectivity index (χ1v) is 7.94. The molecule has 0 saturated carbocycles. The molecule has 0 unspecified atom stereocenters. The van der Waals surface area contributed by atoms with E-state index in [1.54, 1.807) is 18.6 Å². The number of likely N-dealkylation sites (tertiary alicyclic amines) is 1. The lowest BCUT2D eigenvalue weighted by Crippen LogP contribution is -2.40. The number of hydrogen-bond donors (Lipinski definition) is 0. The van der Waals surface area contributed by atoms with Gasteiger partial charge in [0.2, 0.25) is 0 Å². The third kappa shape index (κ3) is 2.71. The van der Waals surface area contributed by atoms with E-state index in [4.69, 9.17) is 23.2 Å². The fourth-order valence-electron chi connectivity index (χ4n) is 2.52. The Morgan fingerprint density at radius 3 is 2.95 bits per heavy atom. The van der Waals surface area contributed by atoms with Gasteiger partial charge in [-0.15, -0.1) is 11.3 Å². The second kappa shape index (κ2) is 5.76. The number of thiophene rings is 1. The van der Waals surface area contributed by atoms with Gasteiger partial charge in [0.15, 0.2) is 0 Å². The van der Waals surface area contributed by atoms with E-state index in [2.05, 4.69) is 9.55 Å². The summed E-state index contributed by atoms with van der Waals surface area (Å²) in [5.41, 5.74) is 0.507. The van der Waals surface area contributed by atoms with Crippen LogP contribution in [-0.2, 0) is 0 Å². The third-order valence-electron chi connectivity index (χ3n) is 3.52. The lowest BCUT2D eigenvalue weighted by molar-refractivity contribution is 0.0680. The van der Waals surface area contributed by atoms with Crippen molar-refractivity contribution >= 4 is 40.4 Å². The first-order chi connectivity index (χ1) is 9.65. The van der Waals surface area contributed by atoms with E-state index in [0.29, 0.717) is 20.8 Å². The molecule has 0 radical (unpaired) electrons. The minimum absolute atomic E-state index is 0.0389. The highest BCUT2D eigenvalue weighted by Gasteiger charge is 2.27. The number of carbonyl (C=O) groups excluding carboxylic acids is 1. The molecule has 2 aromatic heterocycles. The lowest BCUT2D eigenvalue weighted by Gasteiger charge is -2.33. The van der Waals surface area contributed by atoms with E-state index in [9.17, 15) is 4.79 Å². The molecular formula is C13H13Cl2N3OS. The van der Waals surface area contributed by atoms with Crippen LogP contribution in [0, 0.1) is 0 Å². The molecule has 1 atom stereocenters. The number of rotatable bonds is 2. The van der Waals surface area contributed by atoms with E-state index in [-0.39, 0.29) is 11.9 Å². The minimum Gasteiger partial charge on any atom is -0.336 e. The second-order valence-electron chi connectivity index (χ2n) is 4.80. The molecule has 0 N–H and O–H groups in total. The summed E-state index contributed by atoms with van der Waals surface area (Å²) in [6, 6.07) is 1.93. The van der Waals surface area contributed by atoms with Gasteiger partial charge < -0.3 is 9.47 Å². The zero-order chi connectivity index (χ0) is 14.1. The zero-order valence-corrected chi connectivity index (χ0v) is 13.0. The molecule has 4 nitrogen and oxygen atoms in total. The van der Waals surface area contributed by atoms with Crippen molar-refractivity contribution in [3.05, 3.63) is 39.0 Å². The third-order valence-corrected chi connectivity index (χ3v) is 5.00. The molecule has 1 aliphatic heterocycles. The molecule has 1 saturated heterocycles. The highest BCUT2D eigenvalue weighted by atomic mass is 35.5. The van der Waals surface area contributed by atoms with Crippen molar-refractivity contribution in [2.24, 2.45) is 0 Å². The van der Waals surface area contributed by atoms with Crippen molar-refractivity contribution < 1.29 is 4.79 Å². The van der Waals surface area contributed by atoms with Gasteiger partial charge in [0, 0.05) is 25.5 Å². The largest absolute Gasteiger partial charge is 0.336 e. The number of aromatic nitrogens is 2. The fourth-order valence-corrected chi connectivity index (χ4v) is 3.97. The van der Waals surface area contributed by atoms with Gasteiger partial charge in [-0.05, 0) is 18.9 Å². The maximum absolute atomic E-state index is 12.5. The SMILES string of the molecule is O=C(c1cc(Cl)sc1Cl)N1CCC[C@@H](n2ccnc2)C1. The summed E-state index contributed by atoms with van der Waals surface area (Å²) in [6.07, 6.45) is 7.53. The van der Waals surface area contributed by atoms with Gasteiger partial charge in [-0.2, -0.15) is 0 Å². The van der Waals surface area contributed by atoms with Gasteiger partial charge in [-0.3, -0.25) is 4.79 Å². The van der Waals surface area contributed by atoms with Crippen molar-refractivity contribution in [2.45, 2.75) is 18.9 Å². The molecule has 0 spiro atoms. The van der Waals surface area contributed by atoms with Crippen molar-refractivity contribution in [3.63, 3.8) is 0 Å². The monoisotopic (exact) mass is 329 g/mol. The van der Waals surface area contributed by atoms with Crippen LogP contribution < -0.4 is 0 Å². The first kappa shape index (κ1) is 13.9. The molecule has 0 bridgehead atoms. The predicted octanol–water partition coefficient (Wildman–Crippen LogP) is 3.73. The summed E-state index contributed by atoms with van der Waals surface area (Å²) in [5, 5.41) is 0. The number of imidazole rings is 1. The number of hydrogen-bond acceptors (Lipinski definition) is 3. The fraction of sp³-hybridized carbons (Fsp3) is 0.385. The van der Waals surface area contributed by atoms with Crippen LogP contribution in [0.15, 0.2) is 24.8 Å². The maximum atomic E-state index is 12.5. The van der Waals surface area contributed by atoms with Crippen LogP contribution in [0.25, 0.3) is 0 Å². The molecular weight excluding hydrogens is 317 g/mol. The molecule has 0 aliphatic carbocycles. The molecule has 20 heavy (non-hydrogen) atoms. The van der Waals surface area contributed by atoms with Gasteiger partial charge >= 0.3 is 0 Å². The highest BCUT2D eigenvalue weighted by Crippen LogP contribution is 2.33. The number of carbonyl (C=O) groups is 1. The quantitative estimate of drug-likeness (QED) is 0.841. The van der Waals surface area contributed by atoms with E-state index < -0.39 is 0 Å². The number of nitrogens with zero attached hydrogens (tertiary/aromatic N) is 3. The molecule has 106 valence electrons. The Bertz CT molecular complexity index is 611. The van der Waals surface area contributed by atoms with Crippen LogP contribution in [0.2, 0.25) is 8.67 Å². The van der Waals surface area contributed by atoms with Crippen LogP contribution in [0.4, 0.5) is 0 Å². The van der Waals surface area contributed by atoms with Crippen molar-refractivity contribution in [1.29, 1.82) is 0 Å². The number of amides is 1. The van der Waals surface area contributed by atoms with Gasteiger partial charge in [0.05, 0.1) is 22.3 Å². The van der Waals surface area contributed by atoms with Crippen LogP contribution in [0.5, 0.6) is 0 Å². The Kier molecular flexibility index (Phi) is 4.01. The Hall–Kier alpha value is -1.04. The van der Waals surface area contributed by atoms with Crippen molar-refractivity contribution in [1.82, 2.24) is 14.5 Å². The Balaban J connectivity index is 1.77. The van der Waals surface area contributed by atoms with E-state index in [1.807, 2.05) is 11.1 Å². The highest BCUT2D eigenvalue weighted by molar-refractivity contribution is 7.20. The standard InChI is InChI=1S/C13H13Cl2N3OS/c14-11-6-10(12(15)20-11)13(19)17-4-1-2-9(7-17)18-5-3-16-8-18/h3,5-6,8-9H,1-2,4,7H2/t9-/m1/s1. The van der Waals surface area contributed by atoms with Crippen LogP contribution >= 0.6 is 34.5 Å². The second-order valence-corrected chi connectivity index (χ2v) is 7.08. The van der Waals surface area contributed by atoms with E-state index in [1.165, 1.54) is 11.3 Å². The number of piperidine rings is 1. The minimum atomic E-state index is -0.0389. The molecule has 1 aliphatic rings. The maximum Gasteiger partial charge on any atom is 0.256 e. The Labute approximate surface area is 130 Å². The van der Waals surface area contributed by atoms with Gasteiger partial charge in [-0.1, -0.05) is 23.2 Å². The number of halogens is 2. The smallest absolute Gasteiger partial charge is 0.256 e. The van der Waals surface area contributed by atoms with Gasteiger partial charge in [0.25, 0.3) is 5.91 Å². The zero-order valence-electron chi connectivity index (χ0n) is 10.6. The van der Waals surface area contributed by atoms with Crippen LogP contribution in [0.3, 0.4) is 0 Å². The average molecular weight is 330 g/mol. The molecule has 7 heteroatoms. The van der Waals surface area contributed by atoms with E-state index >= 15 is 0 Å². The van der Waals surface area contributed by atoms with Gasteiger partial charge in [-0.25, -0.2) is 4.98 Å². The van der Waals surface area contributed by atoms with Gasteiger partial charge in [0.1, 0.15) is 4.34 Å². The summed E-state index contributed by atoms with van der Waals surface area (Å²) < 4.78 is 3.06. The Morgan fingerprint density at radius 1 is 1.45 bits per heavy atom. The summed E-state index contributed by atoms with van der Waals surface area (Å²) in [4.78, 5) is 18.4. The van der Waals surface area contributed by atoms with Crippen LogP contribution in [0.1, 0.15) is 29.2 Å². The Morgan fingerprint density at radius 2 is 2.30 bits per heavy atom. The summed E-state index contributed by atoms with van der Waals surface area (Å²) in [7, 11) is 0. The summed E-state index contributed by atoms with van der Waals surface area (Å²) >= 11 is 13.2. The lowest BCUT2D eigenvalue weighted by atomic mass is 10.0. The average Bonchev–Trinajstić information content (AvgIpc) is 3.08. The molecule has 0 aromatic carbocycles. The molecule has 1 amide bonds. The molecule has 3 heterocycles. The van der Waals surface area contributed by atoms with Crippen LogP contribution in [-0.4, -0.2) is 33.4 Å². The molecule has 2 aromatic rings. The predicted molar refractivity (Wildman–Crippen MR) is 80.7 cm³/mol. The molecule has 1 fully saturated rings. The summed E-state index contributed by atoms with van der Waals surface area (Å²) in [6.45, 7) is 1.44. The van der Waals surface area contributed by atoms with E-state index in [0.717, 1.165) is 19.4 Å².